The zero-order chi connectivity index (χ0) is 11.7. The Morgan fingerprint density at radius 3 is 2.53 bits per heavy atom. The van der Waals surface area contributed by atoms with Gasteiger partial charge in [-0.25, -0.2) is 4.39 Å². The Labute approximate surface area is 91.3 Å². The molecule has 0 fully saturated rings. The maximum Gasteiger partial charge on any atom is 0.120 e. The second-order valence-corrected chi connectivity index (χ2v) is 3.12. The molecule has 0 atom stereocenters. The fraction of sp³-hybridized carbons (Fsp3) is 0.417. The molecule has 0 saturated carbocycles. The molecule has 1 N–H and O–H groups in total. The van der Waals surface area contributed by atoms with Crippen LogP contribution in [0.3, 0.4) is 0 Å². The van der Waals surface area contributed by atoms with Crippen LogP contribution in [0.5, 0.6) is 0 Å². The molecule has 0 aliphatic rings. The SMILES string of the molecule is C/C=C(F)/C=C(\C)N/C(C)=N\C/C=C/C. The summed E-state index contributed by atoms with van der Waals surface area (Å²) < 4.78 is 12.8. The molecule has 0 spiro atoms. The first kappa shape index (κ1) is 13.6. The molecule has 15 heavy (non-hydrogen) atoms. The Morgan fingerprint density at radius 2 is 2.00 bits per heavy atom. The highest BCUT2D eigenvalue weighted by atomic mass is 19.1. The summed E-state index contributed by atoms with van der Waals surface area (Å²) in [7, 11) is 0. The first-order valence-corrected chi connectivity index (χ1v) is 4.99. The number of allylic oxidation sites excluding steroid dienone is 5. The van der Waals surface area contributed by atoms with Crippen LogP contribution in [-0.2, 0) is 0 Å². The van der Waals surface area contributed by atoms with Gasteiger partial charge in [-0.1, -0.05) is 18.2 Å². The lowest BCUT2D eigenvalue weighted by atomic mass is 10.3. The fourth-order valence-corrected chi connectivity index (χ4v) is 0.946. The number of hydrogen-bond donors (Lipinski definition) is 1. The highest BCUT2D eigenvalue weighted by Gasteiger charge is 1.92. The number of rotatable bonds is 4. The van der Waals surface area contributed by atoms with Crippen LogP contribution < -0.4 is 5.32 Å². The third kappa shape index (κ3) is 7.67. The topological polar surface area (TPSA) is 24.4 Å². The predicted molar refractivity (Wildman–Crippen MR) is 64.5 cm³/mol. The van der Waals surface area contributed by atoms with E-state index >= 15 is 0 Å². The second kappa shape index (κ2) is 7.97. The molecule has 0 aliphatic carbocycles. The van der Waals surface area contributed by atoms with E-state index in [1.165, 1.54) is 12.2 Å². The number of nitrogens with one attached hydrogen (secondary N) is 1. The summed E-state index contributed by atoms with van der Waals surface area (Å²) in [5.74, 6) is 0.534. The summed E-state index contributed by atoms with van der Waals surface area (Å²) in [6.07, 6.45) is 6.75. The monoisotopic (exact) mass is 210 g/mol. The second-order valence-electron chi connectivity index (χ2n) is 3.12. The minimum atomic E-state index is -0.249. The number of hydrogen-bond acceptors (Lipinski definition) is 1. The zero-order valence-electron chi connectivity index (χ0n) is 9.84. The number of halogens is 1. The summed E-state index contributed by atoms with van der Waals surface area (Å²) in [5.41, 5.74) is 0.743. The molecule has 2 nitrogen and oxygen atoms in total. The smallest absolute Gasteiger partial charge is 0.120 e. The van der Waals surface area contributed by atoms with Crippen LogP contribution in [-0.4, -0.2) is 12.4 Å². The van der Waals surface area contributed by atoms with Crippen molar-refractivity contribution in [1.29, 1.82) is 0 Å². The Kier molecular flexibility index (Phi) is 7.24. The van der Waals surface area contributed by atoms with Gasteiger partial charge in [-0.3, -0.25) is 4.99 Å². The maximum absolute atomic E-state index is 12.8. The first-order valence-electron chi connectivity index (χ1n) is 4.99. The lowest BCUT2D eigenvalue weighted by Gasteiger charge is -2.04. The average molecular weight is 210 g/mol. The molecule has 0 aromatic rings. The van der Waals surface area contributed by atoms with Crippen LogP contribution in [0.25, 0.3) is 0 Å². The minimum absolute atomic E-state index is 0.249. The van der Waals surface area contributed by atoms with Crippen LogP contribution in [0.2, 0.25) is 0 Å². The Morgan fingerprint density at radius 1 is 1.33 bits per heavy atom. The zero-order valence-corrected chi connectivity index (χ0v) is 9.84. The van der Waals surface area contributed by atoms with E-state index in [9.17, 15) is 4.39 Å². The van der Waals surface area contributed by atoms with Crippen molar-refractivity contribution in [2.45, 2.75) is 27.7 Å². The van der Waals surface area contributed by atoms with Gasteiger partial charge in [0.15, 0.2) is 0 Å². The molecule has 84 valence electrons. The molecular weight excluding hydrogens is 191 g/mol. The molecule has 0 unspecified atom stereocenters. The first-order chi connectivity index (χ1) is 7.10. The summed E-state index contributed by atoms with van der Waals surface area (Å²) in [6.45, 7) is 7.91. The third-order valence-electron chi connectivity index (χ3n) is 1.68. The van der Waals surface area contributed by atoms with Crippen molar-refractivity contribution >= 4 is 5.84 Å². The van der Waals surface area contributed by atoms with Crippen molar-refractivity contribution in [3.8, 4) is 0 Å². The van der Waals surface area contributed by atoms with Gasteiger partial charge in [-0.15, -0.1) is 0 Å². The lowest BCUT2D eigenvalue weighted by Crippen LogP contribution is -2.18. The average Bonchev–Trinajstić information content (AvgIpc) is 2.17. The molecule has 0 amide bonds. The van der Waals surface area contributed by atoms with Crippen LogP contribution in [0, 0.1) is 0 Å². The third-order valence-corrected chi connectivity index (χ3v) is 1.68. The highest BCUT2D eigenvalue weighted by molar-refractivity contribution is 5.81. The number of aliphatic imine (C=N–C) groups is 1. The molecular formula is C12H19FN2. The quantitative estimate of drug-likeness (QED) is 0.327. The van der Waals surface area contributed by atoms with Crippen LogP contribution in [0.15, 0.2) is 40.8 Å². The Hall–Kier alpha value is -1.38. The Bertz CT molecular complexity index is 299. The minimum Gasteiger partial charge on any atom is -0.348 e. The van der Waals surface area contributed by atoms with Gasteiger partial charge >= 0.3 is 0 Å². The summed E-state index contributed by atoms with van der Waals surface area (Å²) in [6, 6.07) is 0. The van der Waals surface area contributed by atoms with E-state index < -0.39 is 0 Å². The van der Waals surface area contributed by atoms with E-state index in [1.54, 1.807) is 13.8 Å². The van der Waals surface area contributed by atoms with Crippen LogP contribution >= 0.6 is 0 Å². The van der Waals surface area contributed by atoms with Gasteiger partial charge in [0.2, 0.25) is 0 Å². The van der Waals surface area contributed by atoms with Gasteiger partial charge in [0.05, 0.1) is 12.4 Å². The lowest BCUT2D eigenvalue weighted by molar-refractivity contribution is 0.662. The van der Waals surface area contributed by atoms with Gasteiger partial charge < -0.3 is 5.32 Å². The predicted octanol–water partition coefficient (Wildman–Crippen LogP) is 3.35. The molecule has 0 heterocycles. The van der Waals surface area contributed by atoms with Gasteiger partial charge in [0.1, 0.15) is 5.83 Å². The van der Waals surface area contributed by atoms with Crippen molar-refractivity contribution in [3.63, 3.8) is 0 Å². The molecule has 0 bridgehead atoms. The highest BCUT2D eigenvalue weighted by Crippen LogP contribution is 2.01. The molecule has 0 aliphatic heterocycles. The van der Waals surface area contributed by atoms with Gasteiger partial charge in [0.25, 0.3) is 0 Å². The number of amidine groups is 1. The van der Waals surface area contributed by atoms with Crippen LogP contribution in [0.1, 0.15) is 27.7 Å². The maximum atomic E-state index is 12.8. The molecule has 0 radical (unpaired) electrons. The molecule has 0 aromatic heterocycles. The van der Waals surface area contributed by atoms with Gasteiger partial charge in [0, 0.05) is 5.70 Å². The van der Waals surface area contributed by atoms with E-state index in [-0.39, 0.29) is 5.83 Å². The molecule has 3 heteroatoms. The number of nitrogens with zero attached hydrogens (tertiary/aromatic N) is 1. The van der Waals surface area contributed by atoms with Gasteiger partial charge in [-0.2, -0.15) is 0 Å². The van der Waals surface area contributed by atoms with Crippen molar-refractivity contribution < 1.29 is 4.39 Å². The van der Waals surface area contributed by atoms with E-state index in [0.717, 1.165) is 11.5 Å². The van der Waals surface area contributed by atoms with E-state index in [0.29, 0.717) is 6.54 Å². The van der Waals surface area contributed by atoms with E-state index in [4.69, 9.17) is 0 Å². The molecule has 0 saturated heterocycles. The van der Waals surface area contributed by atoms with E-state index in [1.807, 2.05) is 26.0 Å². The molecule has 0 aromatic carbocycles. The summed E-state index contributed by atoms with van der Waals surface area (Å²) >= 11 is 0. The molecule has 0 rings (SSSR count). The van der Waals surface area contributed by atoms with Crippen molar-refractivity contribution in [1.82, 2.24) is 5.32 Å². The van der Waals surface area contributed by atoms with E-state index in [2.05, 4.69) is 10.3 Å². The van der Waals surface area contributed by atoms with Crippen LogP contribution in [0.4, 0.5) is 4.39 Å². The van der Waals surface area contributed by atoms with Gasteiger partial charge in [-0.05, 0) is 33.8 Å². The summed E-state index contributed by atoms with van der Waals surface area (Å²) in [4.78, 5) is 4.22. The summed E-state index contributed by atoms with van der Waals surface area (Å²) in [5, 5.41) is 3.00. The van der Waals surface area contributed by atoms with Crippen molar-refractivity contribution in [2.24, 2.45) is 4.99 Å². The fourth-order valence-electron chi connectivity index (χ4n) is 0.946. The largest absolute Gasteiger partial charge is 0.348 e. The van der Waals surface area contributed by atoms with Crippen molar-refractivity contribution in [3.05, 3.63) is 35.8 Å². The standard InChI is InChI=1S/C12H19FN2/c1-5-7-8-14-11(4)15-10(3)9-12(13)6-2/h5-7,9H,8H2,1-4H3,(H,14,15)/b7-5+,10-9+,12-6-. The van der Waals surface area contributed by atoms with Crippen molar-refractivity contribution in [2.75, 3.05) is 6.54 Å². The Balaban J connectivity index is 4.22. The normalized spacial score (nSPS) is 14.9.